The van der Waals surface area contributed by atoms with Gasteiger partial charge in [-0.3, -0.25) is 15.0 Å². The molecule has 116 valence electrons. The van der Waals surface area contributed by atoms with Crippen LogP contribution in [0, 0.1) is 21.8 Å². The minimum absolute atomic E-state index is 0.429. The molecule has 1 saturated carbocycles. The van der Waals surface area contributed by atoms with Gasteiger partial charge in [0.15, 0.2) is 0 Å². The topological polar surface area (TPSA) is 72.4 Å². The van der Waals surface area contributed by atoms with Gasteiger partial charge in [0.2, 0.25) is 5.82 Å². The molecule has 0 amide bonds. The van der Waals surface area contributed by atoms with Crippen LogP contribution in [0.3, 0.4) is 0 Å². The van der Waals surface area contributed by atoms with E-state index in [9.17, 15) is 14.5 Å². The highest BCUT2D eigenvalue weighted by molar-refractivity contribution is 5.35. The molecule has 1 aromatic carbocycles. The summed E-state index contributed by atoms with van der Waals surface area (Å²) >= 11 is 0. The Balaban J connectivity index is 2.11. The van der Waals surface area contributed by atoms with Gasteiger partial charge in [0.05, 0.1) is 4.92 Å². The smallest absolute Gasteiger partial charge is 0.304 e. The van der Waals surface area contributed by atoms with Crippen molar-refractivity contribution in [3.8, 4) is 0 Å². The number of nitrogens with two attached hydrogens (primary N) is 1. The summed E-state index contributed by atoms with van der Waals surface area (Å²) in [6.07, 6.45) is 3.44. The van der Waals surface area contributed by atoms with E-state index >= 15 is 0 Å². The fraction of sp³-hybridized carbons (Fsp3) is 0.600. The maximum Gasteiger partial charge on any atom is 0.304 e. The summed E-state index contributed by atoms with van der Waals surface area (Å²) in [5.74, 6) is -0.275. The van der Waals surface area contributed by atoms with Crippen molar-refractivity contribution >= 4 is 5.69 Å². The van der Waals surface area contributed by atoms with Crippen LogP contribution in [0.2, 0.25) is 0 Å². The van der Waals surface area contributed by atoms with E-state index in [1.165, 1.54) is 18.6 Å². The van der Waals surface area contributed by atoms with E-state index in [4.69, 9.17) is 5.73 Å². The van der Waals surface area contributed by atoms with Crippen LogP contribution in [0.1, 0.15) is 31.7 Å². The Hall–Kier alpha value is -1.53. The lowest BCUT2D eigenvalue weighted by Gasteiger charge is -2.31. The van der Waals surface area contributed by atoms with E-state index in [0.717, 1.165) is 24.9 Å². The summed E-state index contributed by atoms with van der Waals surface area (Å²) in [5, 5.41) is 10.6. The van der Waals surface area contributed by atoms with E-state index in [-0.39, 0.29) is 0 Å². The maximum absolute atomic E-state index is 13.7. The van der Waals surface area contributed by atoms with Crippen molar-refractivity contribution < 1.29 is 9.31 Å². The molecule has 1 aliphatic rings. The average Bonchev–Trinajstić information content (AvgIpc) is 2.92. The van der Waals surface area contributed by atoms with Gasteiger partial charge in [0.25, 0.3) is 0 Å². The number of benzene rings is 1. The standard InChI is InChI=1S/C15H22FN3O2/c1-2-18(14-5-3-4-12(14)9-17)10-11-6-7-15(19(20)21)13(16)8-11/h6-8,12,14H,2-5,9-10,17H2,1H3. The van der Waals surface area contributed by atoms with E-state index < -0.39 is 16.4 Å². The summed E-state index contributed by atoms with van der Waals surface area (Å²) in [7, 11) is 0. The zero-order chi connectivity index (χ0) is 15.4. The molecule has 1 aliphatic carbocycles. The highest BCUT2D eigenvalue weighted by Crippen LogP contribution is 2.30. The summed E-state index contributed by atoms with van der Waals surface area (Å²) in [5.41, 5.74) is 6.12. The number of nitro groups is 1. The second kappa shape index (κ2) is 6.95. The van der Waals surface area contributed by atoms with Crippen LogP contribution in [0.4, 0.5) is 10.1 Å². The minimum atomic E-state index is -0.768. The number of halogens is 1. The molecular formula is C15H22FN3O2. The van der Waals surface area contributed by atoms with Crippen LogP contribution in [-0.4, -0.2) is 29.0 Å². The molecule has 5 nitrogen and oxygen atoms in total. The van der Waals surface area contributed by atoms with Crippen molar-refractivity contribution in [2.24, 2.45) is 11.7 Å². The van der Waals surface area contributed by atoms with Crippen molar-refractivity contribution in [2.75, 3.05) is 13.1 Å². The van der Waals surface area contributed by atoms with Crippen LogP contribution in [-0.2, 0) is 6.54 Å². The first-order chi connectivity index (χ1) is 10.1. The molecule has 0 aliphatic heterocycles. The van der Waals surface area contributed by atoms with Gasteiger partial charge < -0.3 is 5.73 Å². The monoisotopic (exact) mass is 295 g/mol. The predicted molar refractivity (Wildman–Crippen MR) is 79.3 cm³/mol. The van der Waals surface area contributed by atoms with Gasteiger partial charge in [0, 0.05) is 18.7 Å². The zero-order valence-corrected chi connectivity index (χ0v) is 12.3. The summed E-state index contributed by atoms with van der Waals surface area (Å²) < 4.78 is 13.7. The number of hydrogen-bond donors (Lipinski definition) is 1. The van der Waals surface area contributed by atoms with E-state index in [1.54, 1.807) is 6.07 Å². The number of nitrogens with zero attached hydrogens (tertiary/aromatic N) is 2. The van der Waals surface area contributed by atoms with Crippen molar-refractivity contribution in [2.45, 2.75) is 38.8 Å². The van der Waals surface area contributed by atoms with E-state index in [1.807, 2.05) is 0 Å². The van der Waals surface area contributed by atoms with Gasteiger partial charge in [0.1, 0.15) is 0 Å². The van der Waals surface area contributed by atoms with Gasteiger partial charge in [-0.2, -0.15) is 4.39 Å². The highest BCUT2D eigenvalue weighted by atomic mass is 19.1. The number of nitro benzene ring substituents is 1. The Labute approximate surface area is 124 Å². The van der Waals surface area contributed by atoms with Gasteiger partial charge in [-0.05, 0) is 43.5 Å². The van der Waals surface area contributed by atoms with Crippen molar-refractivity contribution in [3.05, 3.63) is 39.7 Å². The predicted octanol–water partition coefficient (Wildman–Crippen LogP) is 2.68. The molecule has 2 unspecified atom stereocenters. The second-order valence-electron chi connectivity index (χ2n) is 5.60. The van der Waals surface area contributed by atoms with Crippen molar-refractivity contribution in [1.29, 1.82) is 0 Å². The first kappa shape index (κ1) is 15.9. The van der Waals surface area contributed by atoms with Gasteiger partial charge in [-0.25, -0.2) is 0 Å². The molecule has 1 aromatic rings. The molecule has 0 bridgehead atoms. The molecule has 6 heteroatoms. The summed E-state index contributed by atoms with van der Waals surface area (Å²) in [6, 6.07) is 4.58. The molecule has 0 spiro atoms. The van der Waals surface area contributed by atoms with E-state index in [2.05, 4.69) is 11.8 Å². The molecule has 0 radical (unpaired) electrons. The van der Waals surface area contributed by atoms with Crippen LogP contribution < -0.4 is 5.73 Å². The fourth-order valence-corrected chi connectivity index (χ4v) is 3.27. The Morgan fingerprint density at radius 2 is 2.24 bits per heavy atom. The minimum Gasteiger partial charge on any atom is -0.330 e. The third kappa shape index (κ3) is 3.57. The lowest BCUT2D eigenvalue weighted by molar-refractivity contribution is -0.387. The normalized spacial score (nSPS) is 21.9. The first-order valence-corrected chi connectivity index (χ1v) is 7.43. The molecule has 2 N–H and O–H groups in total. The molecule has 0 heterocycles. The summed E-state index contributed by atoms with van der Waals surface area (Å²) in [6.45, 7) is 4.22. The molecule has 0 saturated heterocycles. The Morgan fingerprint density at radius 1 is 1.48 bits per heavy atom. The first-order valence-electron chi connectivity index (χ1n) is 7.43. The average molecular weight is 295 g/mol. The van der Waals surface area contributed by atoms with Gasteiger partial charge in [-0.15, -0.1) is 0 Å². The zero-order valence-electron chi connectivity index (χ0n) is 12.3. The highest BCUT2D eigenvalue weighted by Gasteiger charge is 2.30. The molecule has 1 fully saturated rings. The van der Waals surface area contributed by atoms with Crippen LogP contribution >= 0.6 is 0 Å². The lowest BCUT2D eigenvalue weighted by Crippen LogP contribution is -2.39. The Morgan fingerprint density at radius 3 is 2.81 bits per heavy atom. The molecule has 2 atom stereocenters. The quantitative estimate of drug-likeness (QED) is 0.647. The SMILES string of the molecule is CCN(Cc1ccc([N+](=O)[O-])c(F)c1)C1CCCC1CN. The van der Waals surface area contributed by atoms with Gasteiger partial charge >= 0.3 is 5.69 Å². The third-order valence-corrected chi connectivity index (χ3v) is 4.39. The Bertz CT molecular complexity index is 510. The third-order valence-electron chi connectivity index (χ3n) is 4.39. The lowest BCUT2D eigenvalue weighted by atomic mass is 10.0. The van der Waals surface area contributed by atoms with E-state index in [0.29, 0.717) is 25.0 Å². The maximum atomic E-state index is 13.7. The largest absolute Gasteiger partial charge is 0.330 e. The van der Waals surface area contributed by atoms with Crippen molar-refractivity contribution in [1.82, 2.24) is 4.90 Å². The molecule has 21 heavy (non-hydrogen) atoms. The summed E-state index contributed by atoms with van der Waals surface area (Å²) in [4.78, 5) is 12.2. The fourth-order valence-electron chi connectivity index (χ4n) is 3.27. The molecule has 2 rings (SSSR count). The molecule has 0 aromatic heterocycles. The molecular weight excluding hydrogens is 273 g/mol. The Kier molecular flexibility index (Phi) is 5.25. The van der Waals surface area contributed by atoms with Crippen LogP contribution in [0.15, 0.2) is 18.2 Å². The van der Waals surface area contributed by atoms with Crippen molar-refractivity contribution in [3.63, 3.8) is 0 Å². The van der Waals surface area contributed by atoms with Gasteiger partial charge in [-0.1, -0.05) is 19.4 Å². The van der Waals surface area contributed by atoms with Crippen LogP contribution in [0.25, 0.3) is 0 Å². The number of rotatable bonds is 6. The van der Waals surface area contributed by atoms with Crippen LogP contribution in [0.5, 0.6) is 0 Å². The second-order valence-corrected chi connectivity index (χ2v) is 5.60. The number of hydrogen-bond acceptors (Lipinski definition) is 4.